The van der Waals surface area contributed by atoms with Crippen molar-refractivity contribution in [2.75, 3.05) is 20.1 Å². The molecule has 2 unspecified atom stereocenters. The molecular formula is C15H27N3O. The van der Waals surface area contributed by atoms with Crippen molar-refractivity contribution in [1.82, 2.24) is 15.1 Å². The van der Waals surface area contributed by atoms with E-state index in [1.807, 2.05) is 0 Å². The first-order valence-corrected chi connectivity index (χ1v) is 7.95. The Hall–Kier alpha value is -0.610. The Kier molecular flexibility index (Phi) is 3.56. The average Bonchev–Trinajstić information content (AvgIpc) is 2.97. The zero-order chi connectivity index (χ0) is 13.5. The highest BCUT2D eigenvalue weighted by atomic mass is 16.2. The highest BCUT2D eigenvalue weighted by Gasteiger charge is 2.53. The highest BCUT2D eigenvalue weighted by Crippen LogP contribution is 2.38. The van der Waals surface area contributed by atoms with E-state index in [0.717, 1.165) is 25.8 Å². The lowest BCUT2D eigenvalue weighted by Gasteiger charge is -2.38. The molecule has 1 amide bonds. The minimum Gasteiger partial charge on any atom is -0.321 e. The standard InChI is InChI=1S/C15H27N3O/c1-3-13-16-15(8-4-5-9-15)14(19)18(13)12-7-6-10-17(2)11-12/h12-13,16H,3-11H2,1-2H3. The van der Waals surface area contributed by atoms with Gasteiger partial charge >= 0.3 is 0 Å². The highest BCUT2D eigenvalue weighted by molar-refractivity contribution is 5.89. The fraction of sp³-hybridized carbons (Fsp3) is 0.933. The van der Waals surface area contributed by atoms with Gasteiger partial charge in [-0.15, -0.1) is 0 Å². The third-order valence-corrected chi connectivity index (χ3v) is 5.26. The monoisotopic (exact) mass is 265 g/mol. The van der Waals surface area contributed by atoms with Gasteiger partial charge in [-0.3, -0.25) is 10.1 Å². The van der Waals surface area contributed by atoms with Gasteiger partial charge in [0.15, 0.2) is 0 Å². The maximum Gasteiger partial charge on any atom is 0.244 e. The molecule has 0 bridgehead atoms. The molecular weight excluding hydrogens is 238 g/mol. The van der Waals surface area contributed by atoms with E-state index in [2.05, 4.69) is 29.1 Å². The van der Waals surface area contributed by atoms with E-state index >= 15 is 0 Å². The van der Waals surface area contributed by atoms with Gasteiger partial charge < -0.3 is 9.80 Å². The van der Waals surface area contributed by atoms with Crippen LogP contribution in [-0.2, 0) is 4.79 Å². The van der Waals surface area contributed by atoms with Crippen LogP contribution in [0.2, 0.25) is 0 Å². The first kappa shape index (κ1) is 13.4. The van der Waals surface area contributed by atoms with Gasteiger partial charge in [-0.2, -0.15) is 0 Å². The summed E-state index contributed by atoms with van der Waals surface area (Å²) in [4.78, 5) is 17.5. The van der Waals surface area contributed by atoms with Crippen LogP contribution in [0.1, 0.15) is 51.9 Å². The average molecular weight is 265 g/mol. The smallest absolute Gasteiger partial charge is 0.244 e. The molecule has 4 heteroatoms. The maximum atomic E-state index is 12.9. The van der Waals surface area contributed by atoms with Crippen molar-refractivity contribution in [3.63, 3.8) is 0 Å². The quantitative estimate of drug-likeness (QED) is 0.823. The number of amides is 1. The van der Waals surface area contributed by atoms with Crippen LogP contribution in [0.4, 0.5) is 0 Å². The lowest BCUT2D eigenvalue weighted by molar-refractivity contribution is -0.136. The fourth-order valence-electron chi connectivity index (χ4n) is 4.26. The molecule has 1 N–H and O–H groups in total. The van der Waals surface area contributed by atoms with E-state index in [1.165, 1.54) is 32.2 Å². The van der Waals surface area contributed by atoms with Gasteiger partial charge in [0.25, 0.3) is 0 Å². The molecule has 1 saturated carbocycles. The van der Waals surface area contributed by atoms with Crippen molar-refractivity contribution in [2.24, 2.45) is 0 Å². The van der Waals surface area contributed by atoms with Crippen molar-refractivity contribution < 1.29 is 4.79 Å². The Balaban J connectivity index is 1.80. The van der Waals surface area contributed by atoms with Crippen LogP contribution in [-0.4, -0.2) is 53.6 Å². The molecule has 3 fully saturated rings. The molecule has 0 aromatic carbocycles. The SMILES string of the molecule is CCC1NC2(CCCC2)C(=O)N1C1CCCN(C)C1. The van der Waals surface area contributed by atoms with Crippen LogP contribution in [0.15, 0.2) is 0 Å². The van der Waals surface area contributed by atoms with Crippen LogP contribution < -0.4 is 5.32 Å². The summed E-state index contributed by atoms with van der Waals surface area (Å²) in [5.74, 6) is 0.400. The molecule has 2 atom stereocenters. The summed E-state index contributed by atoms with van der Waals surface area (Å²) in [6.07, 6.45) is 8.17. The molecule has 2 saturated heterocycles. The van der Waals surface area contributed by atoms with Crippen molar-refractivity contribution in [3.8, 4) is 0 Å². The number of likely N-dealkylation sites (tertiary alicyclic amines) is 1. The van der Waals surface area contributed by atoms with E-state index in [9.17, 15) is 4.79 Å². The van der Waals surface area contributed by atoms with Gasteiger partial charge in [0.1, 0.15) is 0 Å². The molecule has 0 aromatic rings. The molecule has 4 nitrogen and oxygen atoms in total. The van der Waals surface area contributed by atoms with Crippen LogP contribution in [0.25, 0.3) is 0 Å². The lowest BCUT2D eigenvalue weighted by atomic mass is 9.96. The van der Waals surface area contributed by atoms with Gasteiger partial charge in [-0.05, 0) is 45.7 Å². The van der Waals surface area contributed by atoms with E-state index in [4.69, 9.17) is 0 Å². The van der Waals surface area contributed by atoms with Crippen LogP contribution >= 0.6 is 0 Å². The summed E-state index contributed by atoms with van der Waals surface area (Å²) in [6, 6.07) is 0.420. The van der Waals surface area contributed by atoms with Gasteiger partial charge in [0.2, 0.25) is 5.91 Å². The van der Waals surface area contributed by atoms with Crippen LogP contribution in [0.5, 0.6) is 0 Å². The number of carbonyl (C=O) groups excluding carboxylic acids is 1. The number of likely N-dealkylation sites (N-methyl/N-ethyl adjacent to an activating group) is 1. The van der Waals surface area contributed by atoms with Gasteiger partial charge in [-0.1, -0.05) is 19.8 Å². The van der Waals surface area contributed by atoms with Gasteiger partial charge in [0, 0.05) is 12.6 Å². The van der Waals surface area contributed by atoms with E-state index in [-0.39, 0.29) is 11.7 Å². The van der Waals surface area contributed by atoms with Crippen LogP contribution in [0, 0.1) is 0 Å². The minimum absolute atomic E-state index is 0.198. The number of hydrogen-bond donors (Lipinski definition) is 1. The summed E-state index contributed by atoms with van der Waals surface area (Å²) in [5, 5.41) is 3.69. The molecule has 0 radical (unpaired) electrons. The lowest BCUT2D eigenvalue weighted by Crippen LogP contribution is -2.52. The van der Waals surface area contributed by atoms with Crippen molar-refractivity contribution >= 4 is 5.91 Å². The molecule has 108 valence electrons. The Morgan fingerprint density at radius 3 is 2.68 bits per heavy atom. The summed E-state index contributed by atoms with van der Waals surface area (Å²) < 4.78 is 0. The van der Waals surface area contributed by atoms with Crippen LogP contribution in [0.3, 0.4) is 0 Å². The Morgan fingerprint density at radius 1 is 1.32 bits per heavy atom. The predicted molar refractivity (Wildman–Crippen MR) is 75.8 cm³/mol. The topological polar surface area (TPSA) is 35.6 Å². The predicted octanol–water partition coefficient (Wildman–Crippen LogP) is 1.56. The number of piperidine rings is 1. The largest absolute Gasteiger partial charge is 0.321 e. The second kappa shape index (κ2) is 5.06. The number of carbonyl (C=O) groups is 1. The van der Waals surface area contributed by atoms with Crippen molar-refractivity contribution in [2.45, 2.75) is 69.6 Å². The second-order valence-corrected chi connectivity index (χ2v) is 6.63. The molecule has 1 spiro atoms. The van der Waals surface area contributed by atoms with Crippen molar-refractivity contribution in [1.29, 1.82) is 0 Å². The maximum absolute atomic E-state index is 12.9. The van der Waals surface area contributed by atoms with E-state index in [1.54, 1.807) is 0 Å². The zero-order valence-electron chi connectivity index (χ0n) is 12.3. The van der Waals surface area contributed by atoms with Gasteiger partial charge in [-0.25, -0.2) is 0 Å². The van der Waals surface area contributed by atoms with Crippen molar-refractivity contribution in [3.05, 3.63) is 0 Å². The number of hydrogen-bond acceptors (Lipinski definition) is 3. The minimum atomic E-state index is -0.198. The first-order chi connectivity index (χ1) is 9.16. The fourth-order valence-corrected chi connectivity index (χ4v) is 4.26. The molecule has 1 aliphatic carbocycles. The normalized spacial score (nSPS) is 35.5. The number of nitrogens with one attached hydrogen (secondary N) is 1. The molecule has 19 heavy (non-hydrogen) atoms. The Morgan fingerprint density at radius 2 is 2.05 bits per heavy atom. The molecule has 2 aliphatic heterocycles. The number of nitrogens with zero attached hydrogens (tertiary/aromatic N) is 2. The van der Waals surface area contributed by atoms with E-state index < -0.39 is 0 Å². The summed E-state index contributed by atoms with van der Waals surface area (Å²) >= 11 is 0. The molecule has 2 heterocycles. The Bertz CT molecular complexity index is 351. The Labute approximate surface area is 116 Å². The molecule has 3 rings (SSSR count). The van der Waals surface area contributed by atoms with E-state index in [0.29, 0.717) is 11.9 Å². The third kappa shape index (κ3) is 2.19. The second-order valence-electron chi connectivity index (χ2n) is 6.63. The third-order valence-electron chi connectivity index (χ3n) is 5.26. The summed E-state index contributed by atoms with van der Waals surface area (Å²) in [7, 11) is 2.17. The van der Waals surface area contributed by atoms with Gasteiger partial charge in [0.05, 0.1) is 11.7 Å². The number of rotatable bonds is 2. The summed E-state index contributed by atoms with van der Waals surface area (Å²) in [5.41, 5.74) is -0.198. The molecule has 3 aliphatic rings. The summed E-state index contributed by atoms with van der Waals surface area (Å²) in [6.45, 7) is 4.41. The first-order valence-electron chi connectivity index (χ1n) is 7.95. The molecule has 0 aromatic heterocycles. The zero-order valence-corrected chi connectivity index (χ0v) is 12.3.